The maximum Gasteiger partial charge on any atom is 0.0879 e. The van der Waals surface area contributed by atoms with Crippen molar-refractivity contribution in [3.05, 3.63) is 32.7 Å². The van der Waals surface area contributed by atoms with Crippen molar-refractivity contribution in [1.29, 1.82) is 0 Å². The summed E-state index contributed by atoms with van der Waals surface area (Å²) in [5.41, 5.74) is 0.983. The zero-order chi connectivity index (χ0) is 15.4. The smallest absolute Gasteiger partial charge is 0.0879 e. The zero-order valence-electron chi connectivity index (χ0n) is 13.2. The highest BCUT2D eigenvalue weighted by Gasteiger charge is 2.50. The maximum absolute atomic E-state index is 6.61. The van der Waals surface area contributed by atoms with Gasteiger partial charge in [0.05, 0.1) is 11.7 Å². The summed E-state index contributed by atoms with van der Waals surface area (Å²) in [6.45, 7) is 9.22. The van der Waals surface area contributed by atoms with E-state index in [9.17, 15) is 0 Å². The predicted molar refractivity (Wildman–Crippen MR) is 94.3 cm³/mol. The number of halogens is 2. The fourth-order valence-corrected chi connectivity index (χ4v) is 5.65. The van der Waals surface area contributed by atoms with Crippen LogP contribution < -0.4 is 0 Å². The molecule has 0 spiro atoms. The van der Waals surface area contributed by atoms with Crippen LogP contribution in [0.1, 0.15) is 46.1 Å². The Morgan fingerprint density at radius 2 is 1.62 bits per heavy atom. The van der Waals surface area contributed by atoms with Crippen molar-refractivity contribution in [3.8, 4) is 0 Å². The zero-order valence-corrected chi connectivity index (χ0v) is 16.4. The summed E-state index contributed by atoms with van der Waals surface area (Å²) in [4.78, 5) is 0. The molecule has 3 heteroatoms. The number of fused-ring (bicyclic) bond motifs is 2. The summed E-state index contributed by atoms with van der Waals surface area (Å²) >= 11 is 7.17. The predicted octanol–water partition coefficient (Wildman–Crippen LogP) is 6.14. The lowest BCUT2D eigenvalue weighted by molar-refractivity contribution is -0.109. The van der Waals surface area contributed by atoms with Crippen LogP contribution in [0.2, 0.25) is 0 Å². The number of hydrogen-bond acceptors (Lipinski definition) is 1. The van der Waals surface area contributed by atoms with Crippen LogP contribution in [0.5, 0.6) is 0 Å². The van der Waals surface area contributed by atoms with Crippen LogP contribution in [0, 0.1) is 23.7 Å². The minimum atomic E-state index is -0.246. The highest BCUT2D eigenvalue weighted by molar-refractivity contribution is 9.11. The van der Waals surface area contributed by atoms with Crippen LogP contribution in [0.4, 0.5) is 0 Å². The van der Waals surface area contributed by atoms with Gasteiger partial charge in [-0.1, -0.05) is 45.7 Å². The van der Waals surface area contributed by atoms with Gasteiger partial charge in [0.2, 0.25) is 0 Å². The summed E-state index contributed by atoms with van der Waals surface area (Å²) in [5, 5.41) is 0. The third kappa shape index (κ3) is 2.98. The Kier molecular flexibility index (Phi) is 4.31. The summed E-state index contributed by atoms with van der Waals surface area (Å²) in [7, 11) is 0. The molecule has 3 rings (SSSR count). The van der Waals surface area contributed by atoms with E-state index in [0.29, 0.717) is 6.10 Å². The second-order valence-corrected chi connectivity index (χ2v) is 9.27. The topological polar surface area (TPSA) is 9.23 Å². The standard InChI is InChI=1S/C18H24Br2O/c1-10-11(2)16-5-12(10)6-17(16)21-18(3,4)13-7-14(19)9-15(20)8-13/h7-12,16-17H,5-6H2,1-4H3. The van der Waals surface area contributed by atoms with E-state index in [1.54, 1.807) is 0 Å². The molecule has 0 saturated heterocycles. The molecule has 0 radical (unpaired) electrons. The number of ether oxygens (including phenoxy) is 1. The van der Waals surface area contributed by atoms with Gasteiger partial charge >= 0.3 is 0 Å². The summed E-state index contributed by atoms with van der Waals surface area (Å²) in [5.74, 6) is 3.30. The first-order valence-corrected chi connectivity index (χ1v) is 9.51. The highest BCUT2D eigenvalue weighted by Crippen LogP contribution is 2.54. The van der Waals surface area contributed by atoms with Gasteiger partial charge in [-0.05, 0) is 74.1 Å². The van der Waals surface area contributed by atoms with Crippen LogP contribution in [-0.2, 0) is 10.3 Å². The molecule has 0 amide bonds. The van der Waals surface area contributed by atoms with E-state index < -0.39 is 0 Å². The fourth-order valence-electron chi connectivity index (χ4n) is 4.36. The quantitative estimate of drug-likeness (QED) is 0.575. The van der Waals surface area contributed by atoms with Gasteiger partial charge in [-0.3, -0.25) is 0 Å². The average molecular weight is 416 g/mol. The number of benzene rings is 1. The first kappa shape index (κ1) is 16.0. The molecular formula is C18H24Br2O. The van der Waals surface area contributed by atoms with Crippen molar-refractivity contribution in [2.24, 2.45) is 23.7 Å². The minimum Gasteiger partial charge on any atom is -0.367 e. The summed E-state index contributed by atoms with van der Waals surface area (Å²) in [6, 6.07) is 6.41. The molecule has 2 fully saturated rings. The molecule has 2 saturated carbocycles. The molecular weight excluding hydrogens is 392 g/mol. The van der Waals surface area contributed by atoms with Gasteiger partial charge in [-0.25, -0.2) is 0 Å². The highest BCUT2D eigenvalue weighted by atomic mass is 79.9. The van der Waals surface area contributed by atoms with E-state index in [2.05, 4.69) is 77.8 Å². The van der Waals surface area contributed by atoms with Gasteiger partial charge in [-0.2, -0.15) is 0 Å². The molecule has 5 unspecified atom stereocenters. The molecule has 0 heterocycles. The Morgan fingerprint density at radius 3 is 2.14 bits per heavy atom. The van der Waals surface area contributed by atoms with Crippen LogP contribution >= 0.6 is 31.9 Å². The van der Waals surface area contributed by atoms with Crippen molar-refractivity contribution in [1.82, 2.24) is 0 Å². The third-order valence-electron chi connectivity index (χ3n) is 5.84. The van der Waals surface area contributed by atoms with E-state index >= 15 is 0 Å². The number of hydrogen-bond donors (Lipinski definition) is 0. The molecule has 2 aliphatic rings. The largest absolute Gasteiger partial charge is 0.367 e. The summed E-state index contributed by atoms with van der Waals surface area (Å²) < 4.78 is 8.80. The van der Waals surface area contributed by atoms with Crippen LogP contribution in [-0.4, -0.2) is 6.10 Å². The van der Waals surface area contributed by atoms with E-state index in [1.165, 1.54) is 18.4 Å². The molecule has 0 N–H and O–H groups in total. The second-order valence-electron chi connectivity index (χ2n) is 7.44. The fraction of sp³-hybridized carbons (Fsp3) is 0.667. The lowest BCUT2D eigenvalue weighted by Gasteiger charge is -2.37. The van der Waals surface area contributed by atoms with Crippen molar-refractivity contribution in [3.63, 3.8) is 0 Å². The Hall–Kier alpha value is 0.140. The van der Waals surface area contributed by atoms with Gasteiger partial charge in [0.1, 0.15) is 0 Å². The average Bonchev–Trinajstić information content (AvgIpc) is 2.89. The third-order valence-corrected chi connectivity index (χ3v) is 6.76. The van der Waals surface area contributed by atoms with E-state index in [4.69, 9.17) is 4.74 Å². The Morgan fingerprint density at radius 1 is 1.00 bits per heavy atom. The molecule has 1 aromatic rings. The lowest BCUT2D eigenvalue weighted by atomic mass is 9.80. The molecule has 21 heavy (non-hydrogen) atoms. The van der Waals surface area contributed by atoms with Crippen molar-refractivity contribution < 1.29 is 4.74 Å². The van der Waals surface area contributed by atoms with Gasteiger partial charge in [-0.15, -0.1) is 0 Å². The van der Waals surface area contributed by atoms with Gasteiger partial charge in [0.15, 0.2) is 0 Å². The second kappa shape index (κ2) is 5.65. The van der Waals surface area contributed by atoms with Gasteiger partial charge in [0.25, 0.3) is 0 Å². The Bertz CT molecular complexity index is 518. The Labute approximate surface area is 145 Å². The maximum atomic E-state index is 6.61. The molecule has 2 aliphatic carbocycles. The van der Waals surface area contributed by atoms with E-state index in [-0.39, 0.29) is 5.60 Å². The monoisotopic (exact) mass is 414 g/mol. The molecule has 5 atom stereocenters. The first-order valence-electron chi connectivity index (χ1n) is 7.92. The SMILES string of the molecule is CC1C2CC(OC(C)(C)c3cc(Br)cc(Br)c3)C(C2)C1C. The molecule has 2 bridgehead atoms. The van der Waals surface area contributed by atoms with Crippen LogP contribution in [0.25, 0.3) is 0 Å². The van der Waals surface area contributed by atoms with Crippen LogP contribution in [0.3, 0.4) is 0 Å². The molecule has 116 valence electrons. The van der Waals surface area contributed by atoms with Gasteiger partial charge < -0.3 is 4.74 Å². The van der Waals surface area contributed by atoms with Crippen molar-refractivity contribution >= 4 is 31.9 Å². The van der Waals surface area contributed by atoms with E-state index in [1.807, 2.05) is 0 Å². The lowest BCUT2D eigenvalue weighted by Crippen LogP contribution is -2.36. The normalized spacial score (nSPS) is 35.4. The summed E-state index contributed by atoms with van der Waals surface area (Å²) in [6.07, 6.45) is 3.04. The molecule has 0 aromatic heterocycles. The Balaban J connectivity index is 1.78. The molecule has 1 aromatic carbocycles. The number of rotatable bonds is 3. The van der Waals surface area contributed by atoms with Crippen molar-refractivity contribution in [2.45, 2.75) is 52.2 Å². The van der Waals surface area contributed by atoms with Crippen LogP contribution in [0.15, 0.2) is 27.1 Å². The minimum absolute atomic E-state index is 0.246. The molecule has 0 aliphatic heterocycles. The van der Waals surface area contributed by atoms with Gasteiger partial charge in [0, 0.05) is 8.95 Å². The molecule has 1 nitrogen and oxygen atoms in total. The van der Waals surface area contributed by atoms with Crippen molar-refractivity contribution in [2.75, 3.05) is 0 Å². The first-order chi connectivity index (χ1) is 9.78. The van der Waals surface area contributed by atoms with E-state index in [0.717, 1.165) is 32.6 Å².